The lowest BCUT2D eigenvalue weighted by molar-refractivity contribution is 0.304. The van der Waals surface area contributed by atoms with E-state index in [2.05, 4.69) is 0 Å². The second-order valence-corrected chi connectivity index (χ2v) is 6.61. The fourth-order valence-corrected chi connectivity index (χ4v) is 2.41. The van der Waals surface area contributed by atoms with Crippen LogP contribution in [0, 0.1) is 0 Å². The molecule has 1 aromatic carbocycles. The number of hydrogen-bond acceptors (Lipinski definition) is 3. The van der Waals surface area contributed by atoms with Gasteiger partial charge in [-0.05, 0) is 17.7 Å². The van der Waals surface area contributed by atoms with Crippen LogP contribution in [-0.4, -0.2) is 12.3 Å². The molecule has 0 bridgehead atoms. The van der Waals surface area contributed by atoms with Crippen LogP contribution < -0.4 is 5.73 Å². The van der Waals surface area contributed by atoms with Gasteiger partial charge in [-0.15, -0.1) is 0 Å². The van der Waals surface area contributed by atoms with Crippen LogP contribution in [0.2, 0.25) is 0 Å². The molecule has 2 N–H and O–H groups in total. The number of nitrogen functional groups attached to an aromatic ring is 1. The number of anilines is 1. The van der Waals surface area contributed by atoms with Crippen LogP contribution in [0.4, 0.5) is 5.69 Å². The Labute approximate surface area is 91.1 Å². The third kappa shape index (κ3) is 3.69. The zero-order chi connectivity index (χ0) is 11.3. The summed E-state index contributed by atoms with van der Waals surface area (Å²) in [4.78, 5) is 0. The summed E-state index contributed by atoms with van der Waals surface area (Å²) in [5.74, 6) is 0. The molecule has 0 aliphatic carbocycles. The largest absolute Gasteiger partial charge is 0.399 e. The van der Waals surface area contributed by atoms with Crippen molar-refractivity contribution in [2.75, 3.05) is 18.1 Å². The molecule has 4 heteroatoms. The maximum atomic E-state index is 11.9. The highest BCUT2D eigenvalue weighted by molar-refractivity contribution is 7.58. The van der Waals surface area contributed by atoms with Gasteiger partial charge in [0.1, 0.15) is 0 Å². The van der Waals surface area contributed by atoms with Crippen molar-refractivity contribution in [1.29, 1.82) is 0 Å². The summed E-state index contributed by atoms with van der Waals surface area (Å²) in [6.07, 6.45) is 1.19. The van der Waals surface area contributed by atoms with E-state index in [1.165, 1.54) is 0 Å². The first-order valence-electron chi connectivity index (χ1n) is 5.16. The summed E-state index contributed by atoms with van der Waals surface area (Å²) in [6, 6.07) is 7.43. The molecule has 0 unspecified atom stereocenters. The second-order valence-electron chi connectivity index (χ2n) is 3.46. The fourth-order valence-electron chi connectivity index (χ4n) is 1.21. The quantitative estimate of drug-likeness (QED) is 0.621. The van der Waals surface area contributed by atoms with Crippen molar-refractivity contribution in [3.8, 4) is 0 Å². The highest BCUT2D eigenvalue weighted by Crippen LogP contribution is 2.46. The molecule has 1 rings (SSSR count). The first-order valence-corrected chi connectivity index (χ1v) is 7.16. The second kappa shape index (κ2) is 5.34. The minimum Gasteiger partial charge on any atom is -0.399 e. The summed E-state index contributed by atoms with van der Waals surface area (Å²) in [5, 5.41) is 0. The van der Waals surface area contributed by atoms with Crippen LogP contribution in [0.5, 0.6) is 0 Å². The topological polar surface area (TPSA) is 52.3 Å². The number of hydrogen-bond donors (Lipinski definition) is 1. The zero-order valence-corrected chi connectivity index (χ0v) is 10.2. The Morgan fingerprint density at radius 1 is 1.20 bits per heavy atom. The van der Waals surface area contributed by atoms with Gasteiger partial charge in [-0.2, -0.15) is 0 Å². The number of nitrogens with two attached hydrogens (primary N) is 1. The van der Waals surface area contributed by atoms with E-state index in [1.807, 2.05) is 38.1 Å². The van der Waals surface area contributed by atoms with Gasteiger partial charge < -0.3 is 10.3 Å². The molecule has 0 aliphatic heterocycles. The molecule has 0 saturated carbocycles. The van der Waals surface area contributed by atoms with Crippen LogP contribution >= 0.6 is 7.37 Å². The molecule has 3 nitrogen and oxygen atoms in total. The molecule has 0 heterocycles. The van der Waals surface area contributed by atoms with Crippen LogP contribution in [0.1, 0.15) is 19.4 Å². The van der Waals surface area contributed by atoms with E-state index < -0.39 is 7.37 Å². The Morgan fingerprint density at radius 3 is 2.20 bits per heavy atom. The molecule has 0 fully saturated rings. The molecule has 0 saturated heterocycles. The molecule has 15 heavy (non-hydrogen) atoms. The molecule has 0 aliphatic rings. The Balaban J connectivity index is 2.57. The summed E-state index contributed by atoms with van der Waals surface area (Å²) in [5.41, 5.74) is 7.30. The predicted molar refractivity (Wildman–Crippen MR) is 64.3 cm³/mol. The molecule has 0 spiro atoms. The molecule has 0 amide bonds. The maximum Gasteiger partial charge on any atom is 0.202 e. The predicted octanol–water partition coefficient (Wildman–Crippen LogP) is 3.10. The van der Waals surface area contributed by atoms with Crippen molar-refractivity contribution < 1.29 is 9.09 Å². The molecular formula is C11H18NO2P. The number of benzene rings is 1. The summed E-state index contributed by atoms with van der Waals surface area (Å²) < 4.78 is 17.4. The molecule has 0 aromatic heterocycles. The Kier molecular flexibility index (Phi) is 4.37. The van der Waals surface area contributed by atoms with E-state index >= 15 is 0 Å². The Bertz CT molecular complexity index is 340. The van der Waals surface area contributed by atoms with Crippen molar-refractivity contribution in [1.82, 2.24) is 0 Å². The Morgan fingerprint density at radius 2 is 1.73 bits per heavy atom. The molecular weight excluding hydrogens is 209 g/mol. The van der Waals surface area contributed by atoms with E-state index in [1.54, 1.807) is 0 Å². The van der Waals surface area contributed by atoms with Gasteiger partial charge in [-0.3, -0.25) is 4.57 Å². The van der Waals surface area contributed by atoms with Crippen molar-refractivity contribution in [3.05, 3.63) is 29.8 Å². The highest BCUT2D eigenvalue weighted by atomic mass is 31.2. The van der Waals surface area contributed by atoms with Crippen LogP contribution in [0.15, 0.2) is 24.3 Å². The normalized spacial score (nSPS) is 11.6. The van der Waals surface area contributed by atoms with Gasteiger partial charge >= 0.3 is 0 Å². The number of rotatable bonds is 5. The lowest BCUT2D eigenvalue weighted by atomic mass is 10.2. The van der Waals surface area contributed by atoms with Gasteiger partial charge in [-0.1, -0.05) is 26.0 Å². The smallest absolute Gasteiger partial charge is 0.202 e. The van der Waals surface area contributed by atoms with E-state index in [-0.39, 0.29) is 0 Å². The van der Waals surface area contributed by atoms with E-state index in [0.717, 1.165) is 11.3 Å². The minimum absolute atomic E-state index is 0.402. The third-order valence-electron chi connectivity index (χ3n) is 2.41. The van der Waals surface area contributed by atoms with E-state index in [9.17, 15) is 4.57 Å². The first-order chi connectivity index (χ1) is 7.09. The van der Waals surface area contributed by atoms with Crippen molar-refractivity contribution >= 4 is 13.1 Å². The first kappa shape index (κ1) is 12.3. The lowest BCUT2D eigenvalue weighted by Gasteiger charge is -2.14. The zero-order valence-electron chi connectivity index (χ0n) is 9.27. The molecule has 84 valence electrons. The van der Waals surface area contributed by atoms with Gasteiger partial charge in [0.05, 0.1) is 6.61 Å². The summed E-state index contributed by atoms with van der Waals surface area (Å²) >= 11 is 0. The van der Waals surface area contributed by atoms with Crippen LogP contribution in [0.25, 0.3) is 0 Å². The van der Waals surface area contributed by atoms with Gasteiger partial charge in [-0.25, -0.2) is 0 Å². The highest BCUT2D eigenvalue weighted by Gasteiger charge is 2.17. The van der Waals surface area contributed by atoms with Crippen molar-refractivity contribution in [2.45, 2.75) is 20.5 Å². The summed E-state index contributed by atoms with van der Waals surface area (Å²) in [7, 11) is -2.39. The minimum atomic E-state index is -2.39. The summed E-state index contributed by atoms with van der Waals surface area (Å²) in [6.45, 7) is 4.19. The maximum absolute atomic E-state index is 11.9. The van der Waals surface area contributed by atoms with Crippen molar-refractivity contribution in [2.24, 2.45) is 0 Å². The fraction of sp³-hybridized carbons (Fsp3) is 0.455. The SMILES string of the molecule is CCP(=O)(CC)OCc1ccc(N)cc1. The average molecular weight is 227 g/mol. The van der Waals surface area contributed by atoms with Gasteiger partial charge in [0.15, 0.2) is 0 Å². The van der Waals surface area contributed by atoms with Gasteiger partial charge in [0, 0.05) is 18.0 Å². The van der Waals surface area contributed by atoms with Gasteiger partial charge in [0.2, 0.25) is 7.37 Å². The van der Waals surface area contributed by atoms with Crippen molar-refractivity contribution in [3.63, 3.8) is 0 Å². The standard InChI is InChI=1S/C11H18NO2P/c1-3-15(13,4-2)14-9-10-5-7-11(12)8-6-10/h5-8H,3-4,9,12H2,1-2H3. The molecule has 0 radical (unpaired) electrons. The average Bonchev–Trinajstić information content (AvgIpc) is 2.28. The monoisotopic (exact) mass is 227 g/mol. The van der Waals surface area contributed by atoms with Crippen LogP contribution in [-0.2, 0) is 15.7 Å². The third-order valence-corrected chi connectivity index (χ3v) is 4.94. The lowest BCUT2D eigenvalue weighted by Crippen LogP contribution is -1.97. The van der Waals surface area contributed by atoms with Gasteiger partial charge in [0.25, 0.3) is 0 Å². The van der Waals surface area contributed by atoms with E-state index in [4.69, 9.17) is 10.3 Å². The Hall–Kier alpha value is -0.790. The van der Waals surface area contributed by atoms with E-state index in [0.29, 0.717) is 18.9 Å². The molecule has 0 atom stereocenters. The molecule has 1 aromatic rings. The van der Waals surface area contributed by atoms with Crippen LogP contribution in [0.3, 0.4) is 0 Å².